The number of hydrogen-bond acceptors (Lipinski definition) is 2. The van der Waals surface area contributed by atoms with E-state index in [2.05, 4.69) is 26.6 Å². The molecular weight excluding hydrogens is 356 g/mol. The summed E-state index contributed by atoms with van der Waals surface area (Å²) < 4.78 is 0.308. The fourth-order valence-corrected chi connectivity index (χ4v) is 7.05. The van der Waals surface area contributed by atoms with Crippen molar-refractivity contribution >= 4 is 27.7 Å². The van der Waals surface area contributed by atoms with Gasteiger partial charge in [0.05, 0.1) is 0 Å². The van der Waals surface area contributed by atoms with Gasteiger partial charge < -0.3 is 10.6 Å². The molecule has 0 aromatic heterocycles. The zero-order valence-corrected chi connectivity index (χ0v) is 15.9. The van der Waals surface area contributed by atoms with Crippen LogP contribution in [0.5, 0.6) is 0 Å². The molecule has 0 heterocycles. The van der Waals surface area contributed by atoms with Crippen LogP contribution in [0, 0.1) is 23.2 Å². The molecule has 2 amide bonds. The normalized spacial score (nSPS) is 37.9. The third-order valence-electron chi connectivity index (χ3n) is 5.92. The lowest BCUT2D eigenvalue weighted by atomic mass is 9.48. The summed E-state index contributed by atoms with van der Waals surface area (Å²) in [7, 11) is 0. The van der Waals surface area contributed by atoms with Crippen molar-refractivity contribution in [1.82, 2.24) is 10.6 Å². The minimum atomic E-state index is -0.00662. The second-order valence-electron chi connectivity index (χ2n) is 8.58. The molecule has 0 aliphatic heterocycles. The van der Waals surface area contributed by atoms with E-state index in [1.807, 2.05) is 13.8 Å². The summed E-state index contributed by atoms with van der Waals surface area (Å²) in [5.74, 6) is 1.82. The molecule has 0 aromatic rings. The number of amides is 2. The first kappa shape index (κ1) is 17.2. The number of rotatable bonds is 6. The predicted octanol–water partition coefficient (Wildman–Crippen LogP) is 3.00. The van der Waals surface area contributed by atoms with Crippen molar-refractivity contribution in [2.75, 3.05) is 13.1 Å². The molecule has 2 atom stereocenters. The average molecular weight is 385 g/mol. The van der Waals surface area contributed by atoms with Crippen molar-refractivity contribution in [2.45, 2.75) is 63.1 Å². The van der Waals surface area contributed by atoms with Crippen molar-refractivity contribution in [3.63, 3.8) is 0 Å². The van der Waals surface area contributed by atoms with Crippen molar-refractivity contribution in [3.05, 3.63) is 0 Å². The van der Waals surface area contributed by atoms with E-state index in [4.69, 9.17) is 0 Å². The molecule has 0 radical (unpaired) electrons. The van der Waals surface area contributed by atoms with Crippen LogP contribution >= 0.6 is 15.9 Å². The Balaban J connectivity index is 1.46. The molecule has 23 heavy (non-hydrogen) atoms. The van der Waals surface area contributed by atoms with Crippen LogP contribution in [0.2, 0.25) is 0 Å². The zero-order chi connectivity index (χ0) is 16.7. The summed E-state index contributed by atoms with van der Waals surface area (Å²) >= 11 is 4.00. The van der Waals surface area contributed by atoms with Gasteiger partial charge in [-0.3, -0.25) is 9.59 Å². The predicted molar refractivity (Wildman–Crippen MR) is 94.2 cm³/mol. The number of alkyl halides is 1. The van der Waals surface area contributed by atoms with Gasteiger partial charge in [-0.25, -0.2) is 0 Å². The zero-order valence-electron chi connectivity index (χ0n) is 14.3. The van der Waals surface area contributed by atoms with Crippen LogP contribution in [0.4, 0.5) is 0 Å². The highest BCUT2D eigenvalue weighted by Gasteiger charge is 2.57. The van der Waals surface area contributed by atoms with E-state index in [0.717, 1.165) is 18.3 Å². The minimum Gasteiger partial charge on any atom is -0.354 e. The Bertz CT molecular complexity index is 477. The van der Waals surface area contributed by atoms with Gasteiger partial charge in [-0.15, -0.1) is 0 Å². The van der Waals surface area contributed by atoms with Gasteiger partial charge in [0.1, 0.15) is 0 Å². The van der Waals surface area contributed by atoms with Crippen LogP contribution in [0.1, 0.15) is 58.8 Å². The van der Waals surface area contributed by atoms with Gasteiger partial charge in [-0.1, -0.05) is 29.8 Å². The van der Waals surface area contributed by atoms with E-state index in [-0.39, 0.29) is 23.1 Å². The Morgan fingerprint density at radius 3 is 2.26 bits per heavy atom. The Labute approximate surface area is 147 Å². The Kier molecular flexibility index (Phi) is 4.78. The van der Waals surface area contributed by atoms with Crippen molar-refractivity contribution in [1.29, 1.82) is 0 Å². The number of carbonyl (C=O) groups excluding carboxylic acids is 2. The monoisotopic (exact) mass is 384 g/mol. The third kappa shape index (κ3) is 3.92. The largest absolute Gasteiger partial charge is 0.354 e. The highest BCUT2D eigenvalue weighted by molar-refractivity contribution is 9.10. The van der Waals surface area contributed by atoms with Crippen molar-refractivity contribution in [2.24, 2.45) is 23.2 Å². The van der Waals surface area contributed by atoms with Gasteiger partial charge in [0.2, 0.25) is 11.8 Å². The summed E-state index contributed by atoms with van der Waals surface area (Å²) in [5, 5.41) is 5.84. The number of halogens is 1. The molecule has 0 saturated heterocycles. The van der Waals surface area contributed by atoms with Gasteiger partial charge in [0, 0.05) is 29.8 Å². The summed E-state index contributed by atoms with van der Waals surface area (Å²) in [6.45, 7) is 4.79. The molecule has 2 unspecified atom stereocenters. The summed E-state index contributed by atoms with van der Waals surface area (Å²) in [5.41, 5.74) is 0.221. The van der Waals surface area contributed by atoms with E-state index in [1.165, 1.54) is 32.1 Å². The molecule has 4 saturated carbocycles. The van der Waals surface area contributed by atoms with Gasteiger partial charge in [-0.05, 0) is 55.8 Å². The lowest BCUT2D eigenvalue weighted by Crippen LogP contribution is -2.54. The molecule has 4 fully saturated rings. The first-order chi connectivity index (χ1) is 10.8. The lowest BCUT2D eigenvalue weighted by molar-refractivity contribution is -0.128. The molecule has 130 valence electrons. The average Bonchev–Trinajstić information content (AvgIpc) is 2.39. The molecule has 4 bridgehead atoms. The second kappa shape index (κ2) is 6.38. The molecule has 0 spiro atoms. The fraction of sp³-hybridized carbons (Fsp3) is 0.889. The molecule has 2 N–H and O–H groups in total. The molecule has 4 rings (SSSR count). The van der Waals surface area contributed by atoms with Gasteiger partial charge in [-0.2, -0.15) is 0 Å². The Morgan fingerprint density at radius 2 is 1.70 bits per heavy atom. The van der Waals surface area contributed by atoms with E-state index < -0.39 is 0 Å². The minimum absolute atomic E-state index is 0.00662. The summed E-state index contributed by atoms with van der Waals surface area (Å²) in [6, 6.07) is 0. The van der Waals surface area contributed by atoms with Crippen LogP contribution < -0.4 is 10.6 Å². The number of nitrogens with one attached hydrogen (secondary N) is 2. The topological polar surface area (TPSA) is 58.2 Å². The van der Waals surface area contributed by atoms with Crippen LogP contribution in [-0.2, 0) is 9.59 Å². The number of hydrogen-bond donors (Lipinski definition) is 2. The lowest BCUT2D eigenvalue weighted by Gasteiger charge is -2.60. The van der Waals surface area contributed by atoms with E-state index in [9.17, 15) is 9.59 Å². The first-order valence-electron chi connectivity index (χ1n) is 9.03. The Hall–Kier alpha value is -0.580. The van der Waals surface area contributed by atoms with E-state index >= 15 is 0 Å². The van der Waals surface area contributed by atoms with Crippen LogP contribution in [-0.4, -0.2) is 29.2 Å². The smallest absolute Gasteiger partial charge is 0.222 e. The standard InChI is InChI=1S/C18H29BrN2O2/c1-12(2)16(23)21-4-3-20-15(22)10-17-6-13-5-14(7-17)9-18(19,8-13)11-17/h12-14H,3-11H2,1-2H3,(H,20,22)(H,21,23). The molecule has 0 aromatic carbocycles. The maximum Gasteiger partial charge on any atom is 0.222 e. The maximum absolute atomic E-state index is 12.4. The molecule has 4 aliphatic carbocycles. The van der Waals surface area contributed by atoms with Gasteiger partial charge >= 0.3 is 0 Å². The summed E-state index contributed by atoms with van der Waals surface area (Å²) in [4.78, 5) is 23.9. The number of carbonyl (C=O) groups is 2. The highest BCUT2D eigenvalue weighted by atomic mass is 79.9. The van der Waals surface area contributed by atoms with E-state index in [1.54, 1.807) is 0 Å². The van der Waals surface area contributed by atoms with Crippen LogP contribution in [0.3, 0.4) is 0 Å². The summed E-state index contributed by atoms with van der Waals surface area (Å²) in [6.07, 6.45) is 8.25. The van der Waals surface area contributed by atoms with Crippen LogP contribution in [0.15, 0.2) is 0 Å². The quantitative estimate of drug-likeness (QED) is 0.546. The van der Waals surface area contributed by atoms with E-state index in [0.29, 0.717) is 23.8 Å². The molecule has 4 nitrogen and oxygen atoms in total. The first-order valence-corrected chi connectivity index (χ1v) is 9.82. The fourth-order valence-electron chi connectivity index (χ4n) is 5.54. The van der Waals surface area contributed by atoms with Crippen molar-refractivity contribution in [3.8, 4) is 0 Å². The molecular formula is C18H29BrN2O2. The highest BCUT2D eigenvalue weighted by Crippen LogP contribution is 2.65. The van der Waals surface area contributed by atoms with Gasteiger partial charge in [0.15, 0.2) is 0 Å². The van der Waals surface area contributed by atoms with Crippen molar-refractivity contribution < 1.29 is 9.59 Å². The van der Waals surface area contributed by atoms with Gasteiger partial charge in [0.25, 0.3) is 0 Å². The molecule has 5 heteroatoms. The Morgan fingerprint density at radius 1 is 1.09 bits per heavy atom. The maximum atomic E-state index is 12.4. The SMILES string of the molecule is CC(C)C(=O)NCCNC(=O)CC12CC3CC(CC(Br)(C3)C1)C2. The third-order valence-corrected chi connectivity index (χ3v) is 6.85. The second-order valence-corrected chi connectivity index (χ2v) is 10.3. The molecule has 4 aliphatic rings. The van der Waals surface area contributed by atoms with Crippen LogP contribution in [0.25, 0.3) is 0 Å².